The fourth-order valence-electron chi connectivity index (χ4n) is 3.01. The average Bonchev–Trinajstić information content (AvgIpc) is 3.13. The summed E-state index contributed by atoms with van der Waals surface area (Å²) in [7, 11) is 0. The number of amides is 1. The SMILES string of the molecule is CC1c2nnn(-c3ncccn3)c2C=CN1C(=O)c1cccc(C(F)(F)F)c1Cl. The smallest absolute Gasteiger partial charge is 0.306 e. The van der Waals surface area contributed by atoms with Gasteiger partial charge in [-0.2, -0.15) is 17.9 Å². The topological polar surface area (TPSA) is 76.8 Å². The molecule has 2 aromatic heterocycles. The van der Waals surface area contributed by atoms with Gasteiger partial charge in [-0.25, -0.2) is 9.97 Å². The first-order chi connectivity index (χ1) is 13.8. The Labute approximate surface area is 167 Å². The number of carbonyl (C=O) groups excluding carboxylic acids is 1. The Hall–Kier alpha value is -3.27. The van der Waals surface area contributed by atoms with E-state index >= 15 is 0 Å². The van der Waals surface area contributed by atoms with Crippen LogP contribution in [0.3, 0.4) is 0 Å². The van der Waals surface area contributed by atoms with Crippen LogP contribution in [0, 0.1) is 0 Å². The summed E-state index contributed by atoms with van der Waals surface area (Å²) in [4.78, 5) is 22.4. The van der Waals surface area contributed by atoms with Crippen molar-refractivity contribution in [2.45, 2.75) is 19.1 Å². The number of halogens is 4. The first-order valence-corrected chi connectivity index (χ1v) is 8.76. The minimum atomic E-state index is -4.66. The molecule has 0 radical (unpaired) electrons. The predicted molar refractivity (Wildman–Crippen MR) is 97.0 cm³/mol. The van der Waals surface area contributed by atoms with Gasteiger partial charge >= 0.3 is 6.18 Å². The molecule has 1 aliphatic rings. The fraction of sp³-hybridized carbons (Fsp3) is 0.167. The molecule has 0 saturated carbocycles. The zero-order chi connectivity index (χ0) is 20.8. The van der Waals surface area contributed by atoms with Crippen LogP contribution < -0.4 is 0 Å². The molecule has 1 aromatic carbocycles. The lowest BCUT2D eigenvalue weighted by Gasteiger charge is -2.28. The third-order valence-corrected chi connectivity index (χ3v) is 4.86. The number of aromatic nitrogens is 5. The number of alkyl halides is 3. The van der Waals surface area contributed by atoms with Crippen molar-refractivity contribution in [2.24, 2.45) is 0 Å². The molecule has 4 rings (SSSR count). The van der Waals surface area contributed by atoms with Crippen LogP contribution in [-0.4, -0.2) is 35.8 Å². The first kappa shape index (κ1) is 19.1. The third-order valence-electron chi connectivity index (χ3n) is 4.45. The Morgan fingerprint density at radius 1 is 1.17 bits per heavy atom. The quantitative estimate of drug-likeness (QED) is 0.628. The predicted octanol–water partition coefficient (Wildman–Crippen LogP) is 3.92. The first-order valence-electron chi connectivity index (χ1n) is 8.38. The molecule has 1 atom stereocenters. The number of benzene rings is 1. The van der Waals surface area contributed by atoms with Crippen molar-refractivity contribution < 1.29 is 18.0 Å². The van der Waals surface area contributed by atoms with Crippen LogP contribution in [0.1, 0.15) is 40.3 Å². The number of hydrogen-bond acceptors (Lipinski definition) is 5. The number of rotatable bonds is 2. The molecular formula is C18H12ClF3N6O. The van der Waals surface area contributed by atoms with Gasteiger partial charge in [0.05, 0.1) is 27.9 Å². The molecule has 0 spiro atoms. The van der Waals surface area contributed by atoms with Crippen LogP contribution in [-0.2, 0) is 6.18 Å². The van der Waals surface area contributed by atoms with Crippen LogP contribution in [0.15, 0.2) is 42.9 Å². The normalized spacial score (nSPS) is 16.0. The van der Waals surface area contributed by atoms with Crippen LogP contribution >= 0.6 is 11.6 Å². The standard InChI is InChI=1S/C18H12ClF3N6O/c1-10-15-13(28(26-25-15)17-23-7-3-8-24-17)6-9-27(10)16(29)11-4-2-5-12(14(11)19)18(20,21)22/h2-10H,1H3. The van der Waals surface area contributed by atoms with Gasteiger partial charge in [-0.15, -0.1) is 5.10 Å². The van der Waals surface area contributed by atoms with Gasteiger partial charge in [-0.3, -0.25) is 4.79 Å². The number of nitrogens with zero attached hydrogens (tertiary/aromatic N) is 6. The summed E-state index contributed by atoms with van der Waals surface area (Å²) in [5, 5.41) is 7.48. The van der Waals surface area contributed by atoms with Gasteiger partial charge in [0, 0.05) is 18.6 Å². The summed E-state index contributed by atoms with van der Waals surface area (Å²) in [5.74, 6) is -0.375. The van der Waals surface area contributed by atoms with E-state index in [1.54, 1.807) is 31.5 Å². The van der Waals surface area contributed by atoms with Gasteiger partial charge in [0.2, 0.25) is 0 Å². The maximum Gasteiger partial charge on any atom is 0.417 e. The molecule has 11 heteroatoms. The van der Waals surface area contributed by atoms with E-state index in [-0.39, 0.29) is 5.56 Å². The van der Waals surface area contributed by atoms with E-state index in [0.29, 0.717) is 17.3 Å². The molecule has 29 heavy (non-hydrogen) atoms. The summed E-state index contributed by atoms with van der Waals surface area (Å²) >= 11 is 5.90. The van der Waals surface area contributed by atoms with Gasteiger partial charge in [0.25, 0.3) is 11.9 Å². The summed E-state index contributed by atoms with van der Waals surface area (Å²) in [6, 6.07) is 4.30. The summed E-state index contributed by atoms with van der Waals surface area (Å²) < 4.78 is 40.8. The van der Waals surface area contributed by atoms with Crippen molar-refractivity contribution in [3.05, 3.63) is 70.4 Å². The largest absolute Gasteiger partial charge is 0.417 e. The number of carbonyl (C=O) groups is 1. The fourth-order valence-corrected chi connectivity index (χ4v) is 3.33. The Kier molecular flexibility index (Phi) is 4.58. The molecule has 0 aliphatic carbocycles. The third kappa shape index (κ3) is 3.25. The highest BCUT2D eigenvalue weighted by Crippen LogP contribution is 2.38. The minimum absolute atomic E-state index is 0.250. The lowest BCUT2D eigenvalue weighted by molar-refractivity contribution is -0.137. The lowest BCUT2D eigenvalue weighted by Crippen LogP contribution is -2.31. The second kappa shape index (κ2) is 6.96. The molecular weight excluding hydrogens is 409 g/mol. The van der Waals surface area contributed by atoms with Crippen molar-refractivity contribution >= 4 is 23.6 Å². The van der Waals surface area contributed by atoms with Gasteiger partial charge < -0.3 is 4.90 Å². The Bertz CT molecular complexity index is 1110. The van der Waals surface area contributed by atoms with E-state index in [2.05, 4.69) is 20.3 Å². The molecule has 3 aromatic rings. The van der Waals surface area contributed by atoms with E-state index in [4.69, 9.17) is 11.6 Å². The molecule has 0 saturated heterocycles. The lowest BCUT2D eigenvalue weighted by atomic mass is 10.0. The molecule has 3 heterocycles. The maximum atomic E-state index is 13.1. The van der Waals surface area contributed by atoms with E-state index < -0.39 is 28.7 Å². The highest BCUT2D eigenvalue weighted by atomic mass is 35.5. The van der Waals surface area contributed by atoms with Crippen molar-refractivity contribution in [3.8, 4) is 5.95 Å². The van der Waals surface area contributed by atoms with Crippen LogP contribution in [0.4, 0.5) is 13.2 Å². The Morgan fingerprint density at radius 2 is 1.90 bits per heavy atom. The van der Waals surface area contributed by atoms with Crippen molar-refractivity contribution in [2.75, 3.05) is 0 Å². The second-order valence-corrected chi connectivity index (χ2v) is 6.57. The second-order valence-electron chi connectivity index (χ2n) is 6.19. The molecule has 1 aliphatic heterocycles. The van der Waals surface area contributed by atoms with Gasteiger partial charge in [0.15, 0.2) is 0 Å². The monoisotopic (exact) mass is 420 g/mol. The molecule has 1 amide bonds. The Balaban J connectivity index is 1.70. The minimum Gasteiger partial charge on any atom is -0.306 e. The molecule has 1 unspecified atom stereocenters. The van der Waals surface area contributed by atoms with E-state index in [9.17, 15) is 18.0 Å². The molecule has 0 bridgehead atoms. The van der Waals surface area contributed by atoms with E-state index in [1.165, 1.54) is 21.8 Å². The number of hydrogen-bond donors (Lipinski definition) is 0. The molecule has 7 nitrogen and oxygen atoms in total. The zero-order valence-corrected chi connectivity index (χ0v) is 15.6. The van der Waals surface area contributed by atoms with E-state index in [0.717, 1.165) is 12.1 Å². The average molecular weight is 421 g/mol. The summed E-state index contributed by atoms with van der Waals surface area (Å²) in [6.45, 7) is 1.69. The van der Waals surface area contributed by atoms with Crippen LogP contribution in [0.5, 0.6) is 0 Å². The van der Waals surface area contributed by atoms with E-state index in [1.807, 2.05) is 0 Å². The molecule has 148 valence electrons. The van der Waals surface area contributed by atoms with Crippen LogP contribution in [0.2, 0.25) is 5.02 Å². The molecule has 0 fully saturated rings. The summed E-state index contributed by atoms with van der Waals surface area (Å²) in [5.41, 5.74) is -0.286. The van der Waals surface area contributed by atoms with Crippen LogP contribution in [0.25, 0.3) is 12.0 Å². The zero-order valence-electron chi connectivity index (χ0n) is 14.8. The van der Waals surface area contributed by atoms with Gasteiger partial charge in [-0.05, 0) is 31.2 Å². The van der Waals surface area contributed by atoms with Gasteiger partial charge in [0.1, 0.15) is 5.69 Å². The highest BCUT2D eigenvalue weighted by molar-refractivity contribution is 6.34. The number of fused-ring (bicyclic) bond motifs is 1. The highest BCUT2D eigenvalue weighted by Gasteiger charge is 2.36. The van der Waals surface area contributed by atoms with Crippen molar-refractivity contribution in [3.63, 3.8) is 0 Å². The van der Waals surface area contributed by atoms with Crippen molar-refractivity contribution in [1.82, 2.24) is 29.9 Å². The van der Waals surface area contributed by atoms with Gasteiger partial charge in [-0.1, -0.05) is 22.9 Å². The van der Waals surface area contributed by atoms with Crippen molar-refractivity contribution in [1.29, 1.82) is 0 Å². The Morgan fingerprint density at radius 3 is 2.59 bits per heavy atom. The maximum absolute atomic E-state index is 13.1. The summed E-state index contributed by atoms with van der Waals surface area (Å²) in [6.07, 6.45) is 1.47. The molecule has 0 N–H and O–H groups in total.